The maximum absolute atomic E-state index is 13.3. The molecule has 2 rings (SSSR count). The summed E-state index contributed by atoms with van der Waals surface area (Å²) in [5.41, 5.74) is 1.37. The van der Waals surface area contributed by atoms with Gasteiger partial charge in [0, 0.05) is 12.2 Å². The van der Waals surface area contributed by atoms with Crippen LogP contribution in [0.2, 0.25) is 0 Å². The van der Waals surface area contributed by atoms with E-state index in [1.807, 2.05) is 30.3 Å². The molecule has 0 aliphatic heterocycles. The number of rotatable bonds is 4. The molecule has 0 atom stereocenters. The summed E-state index contributed by atoms with van der Waals surface area (Å²) in [7, 11) is 0. The molecule has 0 aromatic heterocycles. The summed E-state index contributed by atoms with van der Waals surface area (Å²) in [5, 5.41) is 3.15. The molecule has 0 saturated carbocycles. The Kier molecular flexibility index (Phi) is 3.70. The molecule has 3 heteroatoms. The second-order valence-corrected chi connectivity index (χ2v) is 3.76. The third-order valence-corrected chi connectivity index (χ3v) is 2.53. The van der Waals surface area contributed by atoms with E-state index in [-0.39, 0.29) is 0 Å². The summed E-state index contributed by atoms with van der Waals surface area (Å²) in [6.07, 6.45) is 0.457. The first-order chi connectivity index (χ1) is 8.27. The number of para-hydroxylation sites is 1. The molecule has 0 aliphatic carbocycles. The lowest BCUT2D eigenvalue weighted by Crippen LogP contribution is -2.06. The minimum absolute atomic E-state index is 0.397. The van der Waals surface area contributed by atoms with Gasteiger partial charge >= 0.3 is 0 Å². The molecule has 2 aromatic rings. The molecule has 1 N–H and O–H groups in total. The first kappa shape index (κ1) is 11.6. The molecule has 0 heterocycles. The summed E-state index contributed by atoms with van der Waals surface area (Å²) in [6.45, 7) is 0.574. The topological polar surface area (TPSA) is 12.0 Å². The van der Waals surface area contributed by atoms with Gasteiger partial charge in [-0.2, -0.15) is 0 Å². The number of hydrogen-bond donors (Lipinski definition) is 1. The van der Waals surface area contributed by atoms with Gasteiger partial charge in [-0.25, -0.2) is 8.78 Å². The zero-order valence-electron chi connectivity index (χ0n) is 9.29. The van der Waals surface area contributed by atoms with Gasteiger partial charge in [0.25, 0.3) is 0 Å². The summed E-state index contributed by atoms with van der Waals surface area (Å²) in [6, 6.07) is 13.9. The molecule has 0 spiro atoms. The van der Waals surface area contributed by atoms with Gasteiger partial charge < -0.3 is 5.32 Å². The second kappa shape index (κ2) is 5.43. The number of hydrogen-bond acceptors (Lipinski definition) is 1. The largest absolute Gasteiger partial charge is 0.385 e. The van der Waals surface area contributed by atoms with Crippen LogP contribution in [0.25, 0.3) is 0 Å². The van der Waals surface area contributed by atoms with Gasteiger partial charge in [0.1, 0.15) is 0 Å². The third kappa shape index (κ3) is 3.03. The van der Waals surface area contributed by atoms with E-state index in [1.165, 1.54) is 6.07 Å². The monoisotopic (exact) mass is 233 g/mol. The zero-order valence-corrected chi connectivity index (χ0v) is 9.29. The van der Waals surface area contributed by atoms with E-state index in [0.29, 0.717) is 18.5 Å². The van der Waals surface area contributed by atoms with Crippen molar-refractivity contribution in [1.82, 2.24) is 0 Å². The fourth-order valence-electron chi connectivity index (χ4n) is 1.64. The third-order valence-electron chi connectivity index (χ3n) is 2.53. The average Bonchev–Trinajstić information content (AvgIpc) is 2.36. The van der Waals surface area contributed by atoms with Crippen molar-refractivity contribution in [2.45, 2.75) is 6.42 Å². The Labute approximate surface area is 99.1 Å². The van der Waals surface area contributed by atoms with E-state index >= 15 is 0 Å². The van der Waals surface area contributed by atoms with Gasteiger partial charge in [-0.1, -0.05) is 30.3 Å². The molecule has 0 amide bonds. The SMILES string of the molecule is Fc1cccc(CCNc2ccccc2)c1F. The van der Waals surface area contributed by atoms with E-state index < -0.39 is 11.6 Å². The average molecular weight is 233 g/mol. The molecular formula is C14H13F2N. The summed E-state index contributed by atoms with van der Waals surface area (Å²) in [5.74, 6) is -1.54. The molecule has 2 aromatic carbocycles. The standard InChI is InChI=1S/C14H13F2N/c15-13-8-4-5-11(14(13)16)9-10-17-12-6-2-1-3-7-12/h1-8,17H,9-10H2. The maximum Gasteiger partial charge on any atom is 0.162 e. The number of benzene rings is 2. The smallest absolute Gasteiger partial charge is 0.162 e. The molecule has 0 aliphatic rings. The van der Waals surface area contributed by atoms with Crippen LogP contribution in [0.4, 0.5) is 14.5 Å². The Hall–Kier alpha value is -1.90. The van der Waals surface area contributed by atoms with Crippen LogP contribution < -0.4 is 5.32 Å². The molecule has 0 saturated heterocycles. The van der Waals surface area contributed by atoms with Crippen molar-refractivity contribution < 1.29 is 8.78 Å². The summed E-state index contributed by atoms with van der Waals surface area (Å²) < 4.78 is 26.3. The molecule has 0 bridgehead atoms. The van der Waals surface area contributed by atoms with E-state index in [0.717, 1.165) is 11.8 Å². The molecule has 0 unspecified atom stereocenters. The highest BCUT2D eigenvalue weighted by molar-refractivity contribution is 5.42. The van der Waals surface area contributed by atoms with Crippen molar-refractivity contribution >= 4 is 5.69 Å². The minimum Gasteiger partial charge on any atom is -0.385 e. The summed E-state index contributed by atoms with van der Waals surface area (Å²) in [4.78, 5) is 0. The normalized spacial score (nSPS) is 10.2. The molecule has 17 heavy (non-hydrogen) atoms. The van der Waals surface area contributed by atoms with Crippen LogP contribution in [0.5, 0.6) is 0 Å². The molecule has 0 fully saturated rings. The second-order valence-electron chi connectivity index (χ2n) is 3.76. The van der Waals surface area contributed by atoms with Gasteiger partial charge in [0.05, 0.1) is 0 Å². The van der Waals surface area contributed by atoms with Crippen LogP contribution >= 0.6 is 0 Å². The molecular weight excluding hydrogens is 220 g/mol. The highest BCUT2D eigenvalue weighted by Gasteiger charge is 2.06. The Bertz CT molecular complexity index is 483. The first-order valence-corrected chi connectivity index (χ1v) is 5.49. The van der Waals surface area contributed by atoms with Crippen LogP contribution in [-0.4, -0.2) is 6.54 Å². The fourth-order valence-corrected chi connectivity index (χ4v) is 1.64. The van der Waals surface area contributed by atoms with Gasteiger partial charge in [-0.3, -0.25) is 0 Å². The number of nitrogens with one attached hydrogen (secondary N) is 1. The van der Waals surface area contributed by atoms with Crippen LogP contribution in [-0.2, 0) is 6.42 Å². The number of halogens is 2. The molecule has 0 radical (unpaired) electrons. The molecule has 88 valence electrons. The molecule has 1 nitrogen and oxygen atoms in total. The van der Waals surface area contributed by atoms with E-state index in [9.17, 15) is 8.78 Å². The van der Waals surface area contributed by atoms with E-state index in [1.54, 1.807) is 6.07 Å². The van der Waals surface area contributed by atoms with Crippen molar-refractivity contribution in [3.05, 3.63) is 65.7 Å². The van der Waals surface area contributed by atoms with Crippen molar-refractivity contribution in [2.24, 2.45) is 0 Å². The quantitative estimate of drug-likeness (QED) is 0.850. The van der Waals surface area contributed by atoms with E-state index in [4.69, 9.17) is 0 Å². The predicted molar refractivity (Wildman–Crippen MR) is 65.0 cm³/mol. The van der Waals surface area contributed by atoms with Gasteiger partial charge in [-0.05, 0) is 30.2 Å². The van der Waals surface area contributed by atoms with Crippen molar-refractivity contribution in [1.29, 1.82) is 0 Å². The van der Waals surface area contributed by atoms with Crippen LogP contribution in [0.3, 0.4) is 0 Å². The highest BCUT2D eigenvalue weighted by atomic mass is 19.2. The Balaban J connectivity index is 1.93. The predicted octanol–water partition coefficient (Wildman–Crippen LogP) is 3.62. The first-order valence-electron chi connectivity index (χ1n) is 5.49. The van der Waals surface area contributed by atoms with Gasteiger partial charge in [0.15, 0.2) is 11.6 Å². The number of anilines is 1. The van der Waals surface area contributed by atoms with Crippen molar-refractivity contribution in [3.63, 3.8) is 0 Å². The highest BCUT2D eigenvalue weighted by Crippen LogP contribution is 2.12. The van der Waals surface area contributed by atoms with Crippen LogP contribution in [0.1, 0.15) is 5.56 Å². The lowest BCUT2D eigenvalue weighted by Gasteiger charge is -2.07. The van der Waals surface area contributed by atoms with Crippen LogP contribution in [0, 0.1) is 11.6 Å². The van der Waals surface area contributed by atoms with E-state index in [2.05, 4.69) is 5.32 Å². The van der Waals surface area contributed by atoms with Crippen molar-refractivity contribution in [2.75, 3.05) is 11.9 Å². The zero-order chi connectivity index (χ0) is 12.1. The lowest BCUT2D eigenvalue weighted by atomic mass is 10.1. The Morgan fingerprint density at radius 3 is 2.41 bits per heavy atom. The van der Waals surface area contributed by atoms with Crippen molar-refractivity contribution in [3.8, 4) is 0 Å². The maximum atomic E-state index is 13.3. The summed E-state index contributed by atoms with van der Waals surface area (Å²) >= 11 is 0. The fraction of sp³-hybridized carbons (Fsp3) is 0.143. The van der Waals surface area contributed by atoms with Gasteiger partial charge in [-0.15, -0.1) is 0 Å². The lowest BCUT2D eigenvalue weighted by molar-refractivity contribution is 0.499. The minimum atomic E-state index is -0.790. The van der Waals surface area contributed by atoms with Crippen LogP contribution in [0.15, 0.2) is 48.5 Å². The Morgan fingerprint density at radius 2 is 1.65 bits per heavy atom. The Morgan fingerprint density at radius 1 is 0.882 bits per heavy atom. The van der Waals surface area contributed by atoms with Gasteiger partial charge in [0.2, 0.25) is 0 Å².